The van der Waals surface area contributed by atoms with Crippen molar-refractivity contribution < 1.29 is 51.1 Å². The van der Waals surface area contributed by atoms with E-state index in [1.165, 1.54) is 32.1 Å². The molecule has 0 aliphatic carbocycles. The van der Waals surface area contributed by atoms with Gasteiger partial charge < -0.3 is 16.7 Å². The SMILES string of the molecule is CCCCCCCCCC(O)CC(O)C(=O)O.[H-].[Na+]. The maximum atomic E-state index is 10.4. The van der Waals surface area contributed by atoms with Crippen LogP contribution in [0.1, 0.15) is 66.1 Å². The first-order valence-electron chi connectivity index (χ1n) is 6.66. The quantitative estimate of drug-likeness (QED) is 0.347. The van der Waals surface area contributed by atoms with Crippen molar-refractivity contribution in [1.82, 2.24) is 0 Å². The normalized spacial score (nSPS) is 13.7. The van der Waals surface area contributed by atoms with Gasteiger partial charge in [0.25, 0.3) is 0 Å². The van der Waals surface area contributed by atoms with E-state index in [1.54, 1.807) is 0 Å². The zero-order valence-corrected chi connectivity index (χ0v) is 13.8. The van der Waals surface area contributed by atoms with Crippen LogP contribution in [0.3, 0.4) is 0 Å². The minimum absolute atomic E-state index is 0. The number of aliphatic hydroxyl groups is 2. The Morgan fingerprint density at radius 3 is 2.06 bits per heavy atom. The van der Waals surface area contributed by atoms with Gasteiger partial charge in [0.2, 0.25) is 0 Å². The smallest absolute Gasteiger partial charge is 1.00 e. The Labute approximate surface area is 134 Å². The molecule has 4 nitrogen and oxygen atoms in total. The fourth-order valence-corrected chi connectivity index (χ4v) is 1.81. The van der Waals surface area contributed by atoms with E-state index in [-0.39, 0.29) is 37.4 Å². The van der Waals surface area contributed by atoms with Gasteiger partial charge in [-0.05, 0) is 6.42 Å². The van der Waals surface area contributed by atoms with Crippen LogP contribution in [0, 0.1) is 0 Å². The molecule has 0 aliphatic rings. The van der Waals surface area contributed by atoms with Crippen LogP contribution in [0.15, 0.2) is 0 Å². The number of unbranched alkanes of at least 4 members (excludes halogenated alkanes) is 6. The molecule has 0 saturated heterocycles. The summed E-state index contributed by atoms with van der Waals surface area (Å²) in [5.74, 6) is -1.26. The van der Waals surface area contributed by atoms with Crippen LogP contribution >= 0.6 is 0 Å². The van der Waals surface area contributed by atoms with Gasteiger partial charge in [-0.1, -0.05) is 51.9 Å². The molecule has 0 aromatic heterocycles. The van der Waals surface area contributed by atoms with Gasteiger partial charge in [-0.3, -0.25) is 0 Å². The largest absolute Gasteiger partial charge is 1.00 e. The second-order valence-electron chi connectivity index (χ2n) is 4.65. The summed E-state index contributed by atoms with van der Waals surface area (Å²) in [5, 5.41) is 27.0. The maximum absolute atomic E-state index is 10.4. The summed E-state index contributed by atoms with van der Waals surface area (Å²) in [4.78, 5) is 10.4. The number of carbonyl (C=O) groups is 1. The van der Waals surface area contributed by atoms with Gasteiger partial charge in [-0.15, -0.1) is 0 Å². The van der Waals surface area contributed by atoms with Crippen molar-refractivity contribution in [2.24, 2.45) is 0 Å². The molecule has 0 bridgehead atoms. The number of hydrogen-bond donors (Lipinski definition) is 3. The average Bonchev–Trinajstić information content (AvgIpc) is 2.27. The molecule has 0 heterocycles. The summed E-state index contributed by atoms with van der Waals surface area (Å²) in [6, 6.07) is 0. The molecule has 18 heavy (non-hydrogen) atoms. The third kappa shape index (κ3) is 12.8. The molecule has 0 saturated carbocycles. The van der Waals surface area contributed by atoms with Gasteiger partial charge >= 0.3 is 35.5 Å². The number of hydrogen-bond acceptors (Lipinski definition) is 3. The van der Waals surface area contributed by atoms with Crippen molar-refractivity contribution >= 4 is 5.97 Å². The first-order chi connectivity index (χ1) is 8.07. The van der Waals surface area contributed by atoms with E-state index >= 15 is 0 Å². The molecule has 5 heteroatoms. The number of carboxylic acids is 1. The number of carboxylic acid groups (broad SMARTS) is 1. The number of aliphatic carboxylic acids is 1. The van der Waals surface area contributed by atoms with E-state index in [0.717, 1.165) is 12.8 Å². The van der Waals surface area contributed by atoms with Crippen LogP contribution < -0.4 is 29.6 Å². The molecule has 0 aliphatic heterocycles. The Kier molecular flexibility index (Phi) is 15.9. The van der Waals surface area contributed by atoms with Gasteiger partial charge in [-0.2, -0.15) is 0 Å². The molecule has 0 aromatic rings. The molecule has 104 valence electrons. The molecule has 0 rings (SSSR count). The minimum Gasteiger partial charge on any atom is -1.00 e. The summed E-state index contributed by atoms with van der Waals surface area (Å²) < 4.78 is 0. The minimum atomic E-state index is -1.44. The van der Waals surface area contributed by atoms with Crippen molar-refractivity contribution in [1.29, 1.82) is 0 Å². The molecule has 3 N–H and O–H groups in total. The van der Waals surface area contributed by atoms with Crippen LogP contribution in [0.4, 0.5) is 0 Å². The van der Waals surface area contributed by atoms with Gasteiger partial charge in [-0.25, -0.2) is 4.79 Å². The van der Waals surface area contributed by atoms with Gasteiger partial charge in [0.1, 0.15) is 0 Å². The van der Waals surface area contributed by atoms with Gasteiger partial charge in [0.15, 0.2) is 6.10 Å². The van der Waals surface area contributed by atoms with Crippen molar-refractivity contribution in [2.75, 3.05) is 0 Å². The van der Waals surface area contributed by atoms with Crippen molar-refractivity contribution in [3.05, 3.63) is 0 Å². The van der Waals surface area contributed by atoms with Gasteiger partial charge in [0.05, 0.1) is 6.10 Å². The fourth-order valence-electron chi connectivity index (χ4n) is 1.81. The molecule has 0 amide bonds. The Bertz CT molecular complexity index is 205. The van der Waals surface area contributed by atoms with Crippen LogP contribution in [0.5, 0.6) is 0 Å². The summed E-state index contributed by atoms with van der Waals surface area (Å²) in [6.07, 6.45) is 6.57. The van der Waals surface area contributed by atoms with Gasteiger partial charge in [0, 0.05) is 6.42 Å². The zero-order valence-electron chi connectivity index (χ0n) is 12.8. The standard InChI is InChI=1S/C13H26O4.Na.H/c1-2-3-4-5-6-7-8-9-11(14)10-12(15)13(16)17;;/h11-12,14-15H,2-10H2,1H3,(H,16,17);;/q;+1;-1. The Morgan fingerprint density at radius 1 is 1.06 bits per heavy atom. The van der Waals surface area contributed by atoms with Crippen molar-refractivity contribution in [3.63, 3.8) is 0 Å². The summed E-state index contributed by atoms with van der Waals surface area (Å²) in [5.41, 5.74) is 0. The van der Waals surface area contributed by atoms with Crippen molar-refractivity contribution in [2.45, 2.75) is 76.9 Å². The number of rotatable bonds is 11. The fraction of sp³-hybridized carbons (Fsp3) is 0.923. The van der Waals surface area contributed by atoms with E-state index in [1.807, 2.05) is 0 Å². The molecular formula is C13H27NaO4. The van der Waals surface area contributed by atoms with E-state index < -0.39 is 18.2 Å². The summed E-state index contributed by atoms with van der Waals surface area (Å²) in [6.45, 7) is 2.18. The molecule has 2 atom stereocenters. The topological polar surface area (TPSA) is 77.8 Å². The Balaban J connectivity index is -0.00000128. The molecule has 0 aromatic carbocycles. The van der Waals surface area contributed by atoms with Crippen LogP contribution in [0.25, 0.3) is 0 Å². The van der Waals surface area contributed by atoms with Crippen LogP contribution in [0.2, 0.25) is 0 Å². The Hall–Kier alpha value is 0.390. The van der Waals surface area contributed by atoms with Crippen LogP contribution in [-0.2, 0) is 4.79 Å². The summed E-state index contributed by atoms with van der Waals surface area (Å²) in [7, 11) is 0. The number of aliphatic hydroxyl groups excluding tert-OH is 2. The molecular weight excluding hydrogens is 243 g/mol. The second-order valence-corrected chi connectivity index (χ2v) is 4.65. The van der Waals surface area contributed by atoms with E-state index in [0.29, 0.717) is 6.42 Å². The van der Waals surface area contributed by atoms with E-state index in [2.05, 4.69) is 6.92 Å². The zero-order chi connectivity index (χ0) is 13.1. The predicted molar refractivity (Wildman–Crippen MR) is 68.0 cm³/mol. The third-order valence-electron chi connectivity index (χ3n) is 2.92. The van der Waals surface area contributed by atoms with E-state index in [4.69, 9.17) is 10.2 Å². The predicted octanol–water partition coefficient (Wildman–Crippen LogP) is -0.560. The first kappa shape index (κ1) is 20.7. The molecule has 2 unspecified atom stereocenters. The van der Waals surface area contributed by atoms with E-state index in [9.17, 15) is 9.90 Å². The first-order valence-corrected chi connectivity index (χ1v) is 6.66. The molecule has 0 radical (unpaired) electrons. The average molecular weight is 270 g/mol. The maximum Gasteiger partial charge on any atom is 1.00 e. The third-order valence-corrected chi connectivity index (χ3v) is 2.92. The second kappa shape index (κ2) is 13.8. The Morgan fingerprint density at radius 2 is 1.56 bits per heavy atom. The van der Waals surface area contributed by atoms with Crippen molar-refractivity contribution in [3.8, 4) is 0 Å². The van der Waals surface area contributed by atoms with Crippen LogP contribution in [-0.4, -0.2) is 33.5 Å². The summed E-state index contributed by atoms with van der Waals surface area (Å²) >= 11 is 0. The molecule has 0 fully saturated rings. The molecule has 0 spiro atoms. The monoisotopic (exact) mass is 270 g/mol.